The number of hydrogen-bond donors (Lipinski definition) is 0. The summed E-state index contributed by atoms with van der Waals surface area (Å²) >= 11 is 0. The minimum Gasteiger partial charge on any atom is -0.493 e. The molecule has 2 heterocycles. The van der Waals surface area contributed by atoms with Gasteiger partial charge < -0.3 is 19.1 Å². The van der Waals surface area contributed by atoms with Gasteiger partial charge in [0.15, 0.2) is 23.4 Å². The molecule has 1 spiro atoms. The molecule has 1 aromatic carbocycles. The Bertz CT molecular complexity index is 831. The normalized spacial score (nSPS) is 33.6. The van der Waals surface area contributed by atoms with Crippen LogP contribution in [0.15, 0.2) is 24.3 Å². The molecule has 0 aromatic heterocycles. The molecule has 0 unspecified atom stereocenters. The SMILES string of the molecule is COC(=O)N1CC[C@]23c4c5ccc(OC)c4O[C@H]2C(=O)C=C[C@@H]3[C@H]1C5. The Morgan fingerprint density at radius 2 is 2.20 bits per heavy atom. The van der Waals surface area contributed by atoms with E-state index in [1.165, 1.54) is 7.11 Å². The van der Waals surface area contributed by atoms with Gasteiger partial charge in [-0.1, -0.05) is 12.1 Å². The number of rotatable bonds is 1. The Morgan fingerprint density at radius 3 is 2.96 bits per heavy atom. The van der Waals surface area contributed by atoms with Gasteiger partial charge in [-0.3, -0.25) is 4.79 Å². The molecule has 6 nitrogen and oxygen atoms in total. The van der Waals surface area contributed by atoms with Crippen molar-refractivity contribution in [2.75, 3.05) is 20.8 Å². The van der Waals surface area contributed by atoms with Crippen molar-refractivity contribution in [3.8, 4) is 11.5 Å². The molecule has 1 amide bonds. The molecule has 0 N–H and O–H groups in total. The number of benzene rings is 1. The van der Waals surface area contributed by atoms with Gasteiger partial charge in [0.25, 0.3) is 0 Å². The lowest BCUT2D eigenvalue weighted by Gasteiger charge is -2.55. The zero-order valence-corrected chi connectivity index (χ0v) is 14.2. The van der Waals surface area contributed by atoms with Gasteiger partial charge in [-0.15, -0.1) is 0 Å². The first kappa shape index (κ1) is 14.8. The molecule has 5 rings (SSSR count). The number of ether oxygens (including phenoxy) is 3. The van der Waals surface area contributed by atoms with Gasteiger partial charge in [0, 0.05) is 24.1 Å². The van der Waals surface area contributed by atoms with Gasteiger partial charge in [-0.25, -0.2) is 4.79 Å². The number of amides is 1. The molecule has 2 bridgehead atoms. The highest BCUT2D eigenvalue weighted by Gasteiger charge is 2.65. The fourth-order valence-electron chi connectivity index (χ4n) is 5.39. The molecule has 130 valence electrons. The zero-order chi connectivity index (χ0) is 17.3. The summed E-state index contributed by atoms with van der Waals surface area (Å²) in [6, 6.07) is 3.90. The van der Waals surface area contributed by atoms with E-state index in [2.05, 4.69) is 0 Å². The maximum Gasteiger partial charge on any atom is 0.409 e. The highest BCUT2D eigenvalue weighted by molar-refractivity contribution is 5.98. The van der Waals surface area contributed by atoms with E-state index in [1.807, 2.05) is 18.2 Å². The summed E-state index contributed by atoms with van der Waals surface area (Å²) in [5.74, 6) is 1.41. The van der Waals surface area contributed by atoms with Crippen LogP contribution in [-0.4, -0.2) is 49.7 Å². The summed E-state index contributed by atoms with van der Waals surface area (Å²) in [5, 5.41) is 0. The van der Waals surface area contributed by atoms with Crippen LogP contribution in [0.4, 0.5) is 4.79 Å². The van der Waals surface area contributed by atoms with Crippen LogP contribution in [0.3, 0.4) is 0 Å². The fraction of sp³-hybridized carbons (Fsp3) is 0.474. The Kier molecular flexibility index (Phi) is 2.83. The summed E-state index contributed by atoms with van der Waals surface area (Å²) in [6.07, 6.45) is 4.15. The summed E-state index contributed by atoms with van der Waals surface area (Å²) in [5.41, 5.74) is 1.84. The van der Waals surface area contributed by atoms with E-state index in [-0.39, 0.29) is 23.8 Å². The van der Waals surface area contributed by atoms with Crippen LogP contribution < -0.4 is 9.47 Å². The third-order valence-electron chi connectivity index (χ3n) is 6.34. The molecule has 1 saturated heterocycles. The van der Waals surface area contributed by atoms with Crippen molar-refractivity contribution < 1.29 is 23.8 Å². The molecule has 6 heteroatoms. The van der Waals surface area contributed by atoms with Gasteiger partial charge in [-0.05, 0) is 30.5 Å². The molecular formula is C19H19NO5. The second kappa shape index (κ2) is 4.77. The Morgan fingerprint density at radius 1 is 1.36 bits per heavy atom. The van der Waals surface area contributed by atoms with Crippen molar-refractivity contribution in [2.24, 2.45) is 5.92 Å². The fourth-order valence-corrected chi connectivity index (χ4v) is 5.39. The van der Waals surface area contributed by atoms with Gasteiger partial charge in [0.05, 0.1) is 19.6 Å². The second-order valence-corrected chi connectivity index (χ2v) is 7.14. The van der Waals surface area contributed by atoms with Crippen molar-refractivity contribution >= 4 is 11.9 Å². The predicted molar refractivity (Wildman–Crippen MR) is 87.9 cm³/mol. The van der Waals surface area contributed by atoms with E-state index in [1.54, 1.807) is 18.1 Å². The number of piperidine rings is 1. The number of ketones is 1. The first-order valence-electron chi connectivity index (χ1n) is 8.55. The summed E-state index contributed by atoms with van der Waals surface area (Å²) in [6.45, 7) is 0.560. The average Bonchev–Trinajstić information content (AvgIpc) is 2.97. The third kappa shape index (κ3) is 1.60. The number of nitrogens with zero attached hydrogens (tertiary/aromatic N) is 1. The number of methoxy groups -OCH3 is 2. The van der Waals surface area contributed by atoms with Gasteiger partial charge >= 0.3 is 6.09 Å². The molecule has 0 radical (unpaired) electrons. The number of carbonyl (C=O) groups is 2. The minimum absolute atomic E-state index is 0.00683. The summed E-state index contributed by atoms with van der Waals surface area (Å²) < 4.78 is 16.6. The van der Waals surface area contributed by atoms with Crippen LogP contribution in [0.5, 0.6) is 11.5 Å². The molecule has 1 fully saturated rings. The standard InChI is InChI=1S/C19H19NO5/c1-23-14-6-3-10-9-12-11-4-5-13(21)17-19(11,15(10)16(14)25-17)7-8-20(12)18(22)24-2/h3-6,11-12,17H,7-9H2,1-2H3/t11-,12-,17+,19+/m1/s1. The zero-order valence-electron chi connectivity index (χ0n) is 14.2. The maximum absolute atomic E-state index is 12.6. The molecule has 0 saturated carbocycles. The summed E-state index contributed by atoms with van der Waals surface area (Å²) in [7, 11) is 3.03. The predicted octanol–water partition coefficient (Wildman–Crippen LogP) is 1.85. The molecule has 4 atom stereocenters. The van der Waals surface area contributed by atoms with Crippen LogP contribution in [0.1, 0.15) is 17.5 Å². The van der Waals surface area contributed by atoms with E-state index in [0.717, 1.165) is 17.5 Å². The smallest absolute Gasteiger partial charge is 0.409 e. The van der Waals surface area contributed by atoms with Crippen molar-refractivity contribution in [1.29, 1.82) is 0 Å². The van der Waals surface area contributed by atoms with Crippen LogP contribution >= 0.6 is 0 Å². The van der Waals surface area contributed by atoms with E-state index in [9.17, 15) is 9.59 Å². The van der Waals surface area contributed by atoms with E-state index in [0.29, 0.717) is 24.5 Å². The Labute approximate surface area is 145 Å². The largest absolute Gasteiger partial charge is 0.493 e. The van der Waals surface area contributed by atoms with Crippen molar-refractivity contribution in [1.82, 2.24) is 4.90 Å². The molecule has 25 heavy (non-hydrogen) atoms. The highest BCUT2D eigenvalue weighted by Crippen LogP contribution is 2.62. The van der Waals surface area contributed by atoms with Gasteiger partial charge in [0.2, 0.25) is 0 Å². The molecular weight excluding hydrogens is 322 g/mol. The monoisotopic (exact) mass is 341 g/mol. The first-order valence-corrected chi connectivity index (χ1v) is 8.55. The number of likely N-dealkylation sites (tertiary alicyclic amines) is 1. The van der Waals surface area contributed by atoms with Crippen LogP contribution in [0.2, 0.25) is 0 Å². The highest BCUT2D eigenvalue weighted by atomic mass is 16.5. The lowest BCUT2D eigenvalue weighted by molar-refractivity contribution is -0.127. The third-order valence-corrected chi connectivity index (χ3v) is 6.34. The van der Waals surface area contributed by atoms with Gasteiger partial charge in [-0.2, -0.15) is 0 Å². The Balaban J connectivity index is 1.75. The van der Waals surface area contributed by atoms with Crippen LogP contribution in [0, 0.1) is 5.92 Å². The van der Waals surface area contributed by atoms with Crippen molar-refractivity contribution in [3.63, 3.8) is 0 Å². The molecule has 2 aliphatic heterocycles. The number of carbonyl (C=O) groups excluding carboxylic acids is 2. The van der Waals surface area contributed by atoms with E-state index in [4.69, 9.17) is 14.2 Å². The molecule has 1 aromatic rings. The van der Waals surface area contributed by atoms with Gasteiger partial charge in [0.1, 0.15) is 0 Å². The maximum atomic E-state index is 12.6. The average molecular weight is 341 g/mol. The molecule has 2 aliphatic carbocycles. The second-order valence-electron chi connectivity index (χ2n) is 7.14. The lowest BCUT2D eigenvalue weighted by Crippen LogP contribution is -2.65. The first-order chi connectivity index (χ1) is 12.1. The quantitative estimate of drug-likeness (QED) is 0.780. The minimum atomic E-state index is -0.532. The van der Waals surface area contributed by atoms with Crippen LogP contribution in [0.25, 0.3) is 0 Å². The molecule has 4 aliphatic rings. The van der Waals surface area contributed by atoms with Crippen LogP contribution in [-0.2, 0) is 21.4 Å². The van der Waals surface area contributed by atoms with E-state index >= 15 is 0 Å². The summed E-state index contributed by atoms with van der Waals surface area (Å²) in [4.78, 5) is 26.7. The van der Waals surface area contributed by atoms with E-state index < -0.39 is 11.5 Å². The van der Waals surface area contributed by atoms with Crippen molar-refractivity contribution in [2.45, 2.75) is 30.4 Å². The Hall–Kier alpha value is -2.50. The van der Waals surface area contributed by atoms with Crippen molar-refractivity contribution in [3.05, 3.63) is 35.4 Å². The number of hydrogen-bond acceptors (Lipinski definition) is 5. The lowest BCUT2D eigenvalue weighted by atomic mass is 9.53. The topological polar surface area (TPSA) is 65.1 Å².